The number of rotatable bonds is 6. The predicted octanol–water partition coefficient (Wildman–Crippen LogP) is 4.55. The molecule has 2 aliphatic rings. The Morgan fingerprint density at radius 2 is 1.75 bits per heavy atom. The van der Waals surface area contributed by atoms with E-state index < -0.39 is 0 Å². The quantitative estimate of drug-likeness (QED) is 0.282. The maximum atomic E-state index is 13.3. The Labute approximate surface area is 208 Å². The molecule has 0 bridgehead atoms. The second kappa shape index (κ2) is 9.07. The van der Waals surface area contributed by atoms with Crippen LogP contribution < -0.4 is 23.7 Å². The topological polar surface area (TPSA) is 98.1 Å². The molecule has 9 nitrogen and oxygen atoms in total. The summed E-state index contributed by atoms with van der Waals surface area (Å²) in [5.74, 6) is 1.30. The second-order valence-electron chi connectivity index (χ2n) is 8.78. The fourth-order valence-electron chi connectivity index (χ4n) is 4.73. The third-order valence-electron chi connectivity index (χ3n) is 6.31. The van der Waals surface area contributed by atoms with Gasteiger partial charge in [0.2, 0.25) is 11.5 Å². The van der Waals surface area contributed by atoms with Gasteiger partial charge in [-0.1, -0.05) is 0 Å². The smallest absolute Gasteiger partial charge is 0.312 e. The van der Waals surface area contributed by atoms with Crippen molar-refractivity contribution in [2.75, 3.05) is 21.3 Å². The first-order valence-electron chi connectivity index (χ1n) is 11.5. The Morgan fingerprint density at radius 1 is 1.03 bits per heavy atom. The zero-order chi connectivity index (χ0) is 25.6. The zero-order valence-electron chi connectivity index (χ0n) is 20.7. The summed E-state index contributed by atoms with van der Waals surface area (Å²) >= 11 is 0. The fraction of sp³-hybridized carbons (Fsp3) is 0.296. The van der Waals surface area contributed by atoms with E-state index in [9.17, 15) is 9.59 Å². The van der Waals surface area contributed by atoms with Crippen LogP contribution >= 0.6 is 0 Å². The lowest BCUT2D eigenvalue weighted by atomic mass is 9.87. The third-order valence-corrected chi connectivity index (χ3v) is 6.31. The van der Waals surface area contributed by atoms with Crippen molar-refractivity contribution >= 4 is 17.8 Å². The Kier molecular flexibility index (Phi) is 5.91. The fourth-order valence-corrected chi connectivity index (χ4v) is 4.73. The summed E-state index contributed by atoms with van der Waals surface area (Å²) in [6.45, 7) is 4.04. The van der Waals surface area contributed by atoms with Crippen molar-refractivity contribution in [3.05, 3.63) is 64.7 Å². The largest absolute Gasteiger partial charge is 0.493 e. The number of benzene rings is 2. The highest BCUT2D eigenvalue weighted by molar-refractivity contribution is 6.15. The lowest BCUT2D eigenvalue weighted by Gasteiger charge is -2.27. The number of ketones is 1. The molecule has 1 aromatic heterocycles. The number of methoxy groups -OCH3 is 3. The van der Waals surface area contributed by atoms with Gasteiger partial charge >= 0.3 is 5.97 Å². The van der Waals surface area contributed by atoms with Gasteiger partial charge in [-0.15, -0.1) is 0 Å². The van der Waals surface area contributed by atoms with E-state index in [0.29, 0.717) is 45.4 Å². The minimum absolute atomic E-state index is 0.0891. The van der Waals surface area contributed by atoms with E-state index in [1.54, 1.807) is 36.5 Å². The van der Waals surface area contributed by atoms with Gasteiger partial charge in [0.25, 0.3) is 0 Å². The molecule has 5 rings (SSSR count). The average molecular weight is 491 g/mol. The van der Waals surface area contributed by atoms with Gasteiger partial charge in [-0.05, 0) is 55.8 Å². The molecule has 2 aliphatic heterocycles. The number of allylic oxidation sites excluding steroid dienone is 1. The van der Waals surface area contributed by atoms with Crippen molar-refractivity contribution in [3.8, 4) is 28.7 Å². The number of carbonyl (C=O) groups excluding carboxylic acids is 2. The highest BCUT2D eigenvalue weighted by atomic mass is 16.5. The molecule has 3 aromatic rings. The first-order valence-corrected chi connectivity index (χ1v) is 11.5. The molecule has 0 saturated heterocycles. The van der Waals surface area contributed by atoms with Gasteiger partial charge in [0.05, 0.1) is 33.3 Å². The van der Waals surface area contributed by atoms with E-state index in [1.807, 2.05) is 24.6 Å². The number of carbonyl (C=O) groups is 2. The van der Waals surface area contributed by atoms with Crippen LogP contribution in [0.1, 0.15) is 59.4 Å². The molecular weight excluding hydrogens is 464 g/mol. The van der Waals surface area contributed by atoms with Gasteiger partial charge in [0.15, 0.2) is 17.3 Å². The van der Waals surface area contributed by atoms with E-state index >= 15 is 0 Å². The monoisotopic (exact) mass is 490 g/mol. The van der Waals surface area contributed by atoms with Gasteiger partial charge in [-0.2, -0.15) is 5.10 Å². The summed E-state index contributed by atoms with van der Waals surface area (Å²) < 4.78 is 29.8. The van der Waals surface area contributed by atoms with Gasteiger partial charge in [-0.25, -0.2) is 0 Å². The molecule has 0 saturated carbocycles. The average Bonchev–Trinajstić information content (AvgIpc) is 3.48. The van der Waals surface area contributed by atoms with Crippen molar-refractivity contribution in [2.45, 2.75) is 32.2 Å². The van der Waals surface area contributed by atoms with Crippen molar-refractivity contribution in [2.24, 2.45) is 0 Å². The summed E-state index contributed by atoms with van der Waals surface area (Å²) in [7, 11) is 4.57. The Bertz CT molecular complexity index is 1380. The highest BCUT2D eigenvalue weighted by Crippen LogP contribution is 2.49. The first-order chi connectivity index (χ1) is 17.4. The van der Waals surface area contributed by atoms with E-state index in [4.69, 9.17) is 23.7 Å². The van der Waals surface area contributed by atoms with Crippen molar-refractivity contribution in [3.63, 3.8) is 0 Å². The Hall–Kier alpha value is -4.27. The van der Waals surface area contributed by atoms with Crippen LogP contribution in [0.15, 0.2) is 42.3 Å². The SMILES string of the molecule is COc1cc(C=C2Oc3c(ccc4c3C(c3ccnn3C(C)C)CC(=O)O4)C2=O)cc(OC)c1OC. The molecule has 0 amide bonds. The molecule has 0 spiro atoms. The third kappa shape index (κ3) is 3.77. The van der Waals surface area contributed by atoms with Crippen LogP contribution in [0.4, 0.5) is 0 Å². The van der Waals surface area contributed by atoms with Gasteiger partial charge in [-0.3, -0.25) is 14.3 Å². The normalized spacial score (nSPS) is 17.5. The number of aromatic nitrogens is 2. The molecule has 36 heavy (non-hydrogen) atoms. The summed E-state index contributed by atoms with van der Waals surface area (Å²) in [4.78, 5) is 25.8. The maximum Gasteiger partial charge on any atom is 0.312 e. The number of esters is 1. The van der Waals surface area contributed by atoms with Gasteiger partial charge in [0.1, 0.15) is 11.5 Å². The molecular formula is C27H26N2O7. The van der Waals surface area contributed by atoms with Crippen LogP contribution in [-0.2, 0) is 4.79 Å². The molecule has 1 unspecified atom stereocenters. The molecule has 186 valence electrons. The first kappa shape index (κ1) is 23.5. The summed E-state index contributed by atoms with van der Waals surface area (Å²) in [6, 6.07) is 8.71. The highest BCUT2D eigenvalue weighted by Gasteiger charge is 2.39. The van der Waals surface area contributed by atoms with Crippen LogP contribution in [0.2, 0.25) is 0 Å². The van der Waals surface area contributed by atoms with Crippen LogP contribution in [0.3, 0.4) is 0 Å². The lowest BCUT2D eigenvalue weighted by Crippen LogP contribution is -2.24. The van der Waals surface area contributed by atoms with Crippen LogP contribution in [-0.4, -0.2) is 42.9 Å². The summed E-state index contributed by atoms with van der Waals surface area (Å²) in [6.07, 6.45) is 3.45. The van der Waals surface area contributed by atoms with E-state index in [-0.39, 0.29) is 35.9 Å². The van der Waals surface area contributed by atoms with Crippen molar-refractivity contribution < 1.29 is 33.3 Å². The summed E-state index contributed by atoms with van der Waals surface area (Å²) in [5.41, 5.74) is 2.56. The molecule has 2 aromatic carbocycles. The predicted molar refractivity (Wildman–Crippen MR) is 130 cm³/mol. The summed E-state index contributed by atoms with van der Waals surface area (Å²) in [5, 5.41) is 4.43. The molecule has 0 fully saturated rings. The standard InChI is InChI=1S/C27H26N2O7/c1-14(2)29-18(8-9-28-29)17-13-23(30)35-19-7-6-16-25(31)20(36-26(16)24(17)19)10-15-11-21(32-3)27(34-5)22(12-15)33-4/h6-12,14,17H,13H2,1-5H3. The number of nitrogens with zero attached hydrogens (tertiary/aromatic N) is 2. The van der Waals surface area contributed by atoms with E-state index in [2.05, 4.69) is 5.10 Å². The van der Waals surface area contributed by atoms with Crippen LogP contribution in [0.5, 0.6) is 28.7 Å². The van der Waals surface area contributed by atoms with Crippen molar-refractivity contribution in [1.29, 1.82) is 0 Å². The van der Waals surface area contributed by atoms with E-state index in [1.165, 1.54) is 21.3 Å². The molecule has 3 heterocycles. The molecule has 0 aliphatic carbocycles. The van der Waals surface area contributed by atoms with Crippen molar-refractivity contribution in [1.82, 2.24) is 9.78 Å². The van der Waals surface area contributed by atoms with Gasteiger partial charge in [0, 0.05) is 29.4 Å². The number of fused-ring (bicyclic) bond motifs is 3. The Balaban J connectivity index is 1.60. The Morgan fingerprint density at radius 3 is 2.39 bits per heavy atom. The lowest BCUT2D eigenvalue weighted by molar-refractivity contribution is -0.135. The number of ether oxygens (including phenoxy) is 5. The minimum atomic E-state index is -0.366. The maximum absolute atomic E-state index is 13.3. The van der Waals surface area contributed by atoms with Crippen LogP contribution in [0.25, 0.3) is 6.08 Å². The number of hydrogen-bond donors (Lipinski definition) is 0. The molecule has 0 N–H and O–H groups in total. The number of Topliss-reactive ketones (excluding diaryl/α,β-unsaturated/α-hetero) is 1. The van der Waals surface area contributed by atoms with Crippen LogP contribution in [0, 0.1) is 0 Å². The second-order valence-corrected chi connectivity index (χ2v) is 8.78. The molecule has 1 atom stereocenters. The molecule has 9 heteroatoms. The zero-order valence-corrected chi connectivity index (χ0v) is 20.7. The molecule has 0 radical (unpaired) electrons. The minimum Gasteiger partial charge on any atom is -0.493 e. The number of hydrogen-bond acceptors (Lipinski definition) is 8. The van der Waals surface area contributed by atoms with Gasteiger partial charge < -0.3 is 23.7 Å². The van der Waals surface area contributed by atoms with E-state index in [0.717, 1.165) is 5.69 Å².